The molecule has 0 saturated carbocycles. The molecule has 1 saturated heterocycles. The van der Waals surface area contributed by atoms with E-state index in [1.54, 1.807) is 10.9 Å². The zero-order valence-electron chi connectivity index (χ0n) is 10.6. The SMILES string of the molecule is Nc1nc(=S)c2ncn([C@H]3CC(O)[C@@H](COI=S)O3)c2[nH]1. The quantitative estimate of drug-likeness (QED) is 0.486. The lowest BCUT2D eigenvalue weighted by atomic mass is 10.2. The predicted octanol–water partition coefficient (Wildman–Crippen LogP) is 1.73. The molecule has 0 radical (unpaired) electrons. The number of H-pyrrole nitrogens is 1. The number of rotatable bonds is 4. The highest BCUT2D eigenvalue weighted by atomic mass is 127. The van der Waals surface area contributed by atoms with Crippen LogP contribution in [0.3, 0.4) is 0 Å². The lowest BCUT2D eigenvalue weighted by Crippen LogP contribution is -2.24. The number of hydrogen-bond acceptors (Lipinski definition) is 8. The summed E-state index contributed by atoms with van der Waals surface area (Å²) >= 11 is 4.43. The molecule has 3 rings (SSSR count). The van der Waals surface area contributed by atoms with E-state index in [1.165, 1.54) is 0 Å². The smallest absolute Gasteiger partial charge is 0.200 e. The van der Waals surface area contributed by atoms with Crippen LogP contribution in [0.2, 0.25) is 0 Å². The highest BCUT2D eigenvalue weighted by Gasteiger charge is 2.35. The summed E-state index contributed by atoms with van der Waals surface area (Å²) < 4.78 is 13.1. The molecule has 1 fully saturated rings. The third-order valence-electron chi connectivity index (χ3n) is 3.25. The van der Waals surface area contributed by atoms with Crippen molar-refractivity contribution in [2.45, 2.75) is 24.9 Å². The van der Waals surface area contributed by atoms with E-state index >= 15 is 0 Å². The van der Waals surface area contributed by atoms with Crippen LogP contribution in [0.15, 0.2) is 6.33 Å². The number of hydrogen-bond donors (Lipinski definition) is 3. The van der Waals surface area contributed by atoms with Gasteiger partial charge in [-0.1, -0.05) is 12.2 Å². The van der Waals surface area contributed by atoms with E-state index in [0.29, 0.717) is 28.8 Å². The number of nitrogens with one attached hydrogen (secondary N) is 1. The van der Waals surface area contributed by atoms with Crippen molar-refractivity contribution in [3.63, 3.8) is 0 Å². The monoisotopic (exact) mass is 441 g/mol. The molecule has 1 unspecified atom stereocenters. The number of fused-ring (bicyclic) bond motifs is 1. The fraction of sp³-hybridized carbons (Fsp3) is 0.500. The first-order valence-electron chi connectivity index (χ1n) is 6.05. The van der Waals surface area contributed by atoms with Crippen LogP contribution < -0.4 is 5.73 Å². The Morgan fingerprint density at radius 1 is 1.67 bits per heavy atom. The summed E-state index contributed by atoms with van der Waals surface area (Å²) in [6.45, 7) is 0.306. The van der Waals surface area contributed by atoms with Gasteiger partial charge in [0.2, 0.25) is 0 Å². The number of ether oxygens (including phenoxy) is 1. The summed E-state index contributed by atoms with van der Waals surface area (Å²) in [7, 11) is 4.82. The number of aromatic amines is 1. The van der Waals surface area contributed by atoms with Gasteiger partial charge in [0.15, 0.2) is 10.6 Å². The number of nitrogens with zero attached hydrogens (tertiary/aromatic N) is 3. The molecule has 4 N–H and O–H groups in total. The third-order valence-corrected chi connectivity index (χ3v) is 4.75. The summed E-state index contributed by atoms with van der Waals surface area (Å²) in [4.78, 5) is 11.1. The van der Waals surface area contributed by atoms with Crippen molar-refractivity contribution in [3.05, 3.63) is 11.0 Å². The minimum absolute atomic E-state index is 0.212. The maximum Gasteiger partial charge on any atom is 0.200 e. The van der Waals surface area contributed by atoms with E-state index in [9.17, 15) is 5.11 Å². The van der Waals surface area contributed by atoms with Crippen molar-refractivity contribution < 1.29 is 12.9 Å². The Morgan fingerprint density at radius 2 is 2.48 bits per heavy atom. The molecule has 3 heterocycles. The number of aliphatic hydroxyl groups is 1. The first kappa shape index (κ1) is 15.3. The molecule has 11 heteroatoms. The molecule has 0 aliphatic carbocycles. The molecular formula is C10H12IN5O3S2. The van der Waals surface area contributed by atoms with Crippen LogP contribution in [-0.4, -0.2) is 43.4 Å². The molecule has 0 bridgehead atoms. The number of aliphatic hydroxyl groups excluding tert-OH is 1. The summed E-state index contributed by atoms with van der Waals surface area (Å²) in [5, 5.41) is 10.0. The van der Waals surface area contributed by atoms with Crippen molar-refractivity contribution in [1.82, 2.24) is 19.5 Å². The second kappa shape index (κ2) is 6.26. The molecule has 2 aromatic heterocycles. The van der Waals surface area contributed by atoms with Crippen molar-refractivity contribution in [2.75, 3.05) is 12.3 Å². The van der Waals surface area contributed by atoms with Gasteiger partial charge in [0.1, 0.15) is 43.2 Å². The Bertz CT molecular complexity index is 735. The van der Waals surface area contributed by atoms with E-state index in [2.05, 4.69) is 15.0 Å². The zero-order valence-corrected chi connectivity index (χ0v) is 14.4. The second-order valence-corrected chi connectivity index (χ2v) is 6.76. The van der Waals surface area contributed by atoms with Gasteiger partial charge in [-0.05, 0) is 9.28 Å². The molecular weight excluding hydrogens is 429 g/mol. The van der Waals surface area contributed by atoms with Crippen LogP contribution in [-0.2, 0) is 7.80 Å². The molecule has 0 spiro atoms. The number of nitrogens with two attached hydrogens (primary N) is 1. The van der Waals surface area contributed by atoms with Crippen LogP contribution >= 0.6 is 41.2 Å². The number of nitrogen functional groups attached to an aromatic ring is 1. The lowest BCUT2D eigenvalue weighted by molar-refractivity contribution is -0.0317. The van der Waals surface area contributed by atoms with Gasteiger partial charge in [-0.25, -0.2) is 9.97 Å². The molecule has 1 aliphatic heterocycles. The fourth-order valence-corrected chi connectivity index (χ4v) is 3.39. The van der Waals surface area contributed by atoms with Crippen LogP contribution in [0, 0.1) is 4.64 Å². The van der Waals surface area contributed by atoms with E-state index in [-0.39, 0.29) is 12.2 Å². The van der Waals surface area contributed by atoms with Gasteiger partial charge >= 0.3 is 0 Å². The molecule has 2 aromatic rings. The highest BCUT2D eigenvalue weighted by molar-refractivity contribution is 14.2. The van der Waals surface area contributed by atoms with Gasteiger partial charge in [0.05, 0.1) is 19.0 Å². The van der Waals surface area contributed by atoms with Crippen LogP contribution in [0.5, 0.6) is 0 Å². The van der Waals surface area contributed by atoms with Crippen molar-refractivity contribution in [2.24, 2.45) is 0 Å². The Labute approximate surface area is 138 Å². The van der Waals surface area contributed by atoms with Gasteiger partial charge in [-0.3, -0.25) is 4.57 Å². The average Bonchev–Trinajstić information content (AvgIpc) is 3.00. The van der Waals surface area contributed by atoms with Crippen LogP contribution in [0.1, 0.15) is 12.6 Å². The van der Waals surface area contributed by atoms with Crippen LogP contribution in [0.4, 0.5) is 5.95 Å². The summed E-state index contributed by atoms with van der Waals surface area (Å²) in [6.07, 6.45) is 0.656. The van der Waals surface area contributed by atoms with Gasteiger partial charge in [-0.15, -0.1) is 0 Å². The number of aromatic nitrogens is 4. The van der Waals surface area contributed by atoms with E-state index < -0.39 is 31.9 Å². The molecule has 1 aliphatic rings. The van der Waals surface area contributed by atoms with Crippen LogP contribution in [0.25, 0.3) is 11.2 Å². The minimum atomic E-state index is -0.700. The Morgan fingerprint density at radius 3 is 3.24 bits per heavy atom. The van der Waals surface area contributed by atoms with E-state index in [0.717, 1.165) is 0 Å². The first-order valence-corrected chi connectivity index (χ1v) is 10.3. The van der Waals surface area contributed by atoms with Gasteiger partial charge in [-0.2, -0.15) is 0 Å². The van der Waals surface area contributed by atoms with Gasteiger partial charge in [0, 0.05) is 6.42 Å². The summed E-state index contributed by atoms with van der Waals surface area (Å²) in [6, 6.07) is 0. The van der Waals surface area contributed by atoms with Gasteiger partial charge in [0.25, 0.3) is 0 Å². The molecule has 114 valence electrons. The Hall–Kier alpha value is -0.600. The maximum atomic E-state index is 10.0. The zero-order chi connectivity index (χ0) is 15.0. The van der Waals surface area contributed by atoms with Gasteiger partial charge < -0.3 is 23.6 Å². The molecule has 0 amide bonds. The molecule has 0 aromatic carbocycles. The first-order chi connectivity index (χ1) is 10.1. The molecule has 21 heavy (non-hydrogen) atoms. The minimum Gasteiger partial charge on any atom is -0.390 e. The highest BCUT2D eigenvalue weighted by Crippen LogP contribution is 2.31. The summed E-state index contributed by atoms with van der Waals surface area (Å²) in [5.41, 5.74) is 6.86. The van der Waals surface area contributed by atoms with Crippen molar-refractivity contribution in [1.29, 1.82) is 0 Å². The van der Waals surface area contributed by atoms with E-state index in [4.69, 9.17) is 35.0 Å². The van der Waals surface area contributed by atoms with Crippen molar-refractivity contribution in [3.8, 4) is 0 Å². The predicted molar refractivity (Wildman–Crippen MR) is 89.2 cm³/mol. The second-order valence-electron chi connectivity index (χ2n) is 4.55. The number of halogens is 1. The average molecular weight is 441 g/mol. The standard InChI is InChI=1S/C10H12IN5O3S2/c12-10-14-8-7(9(20)15-10)13-3-16(8)6-1-4(17)5(19-6)2-18-11-21/h3-6,17H,1-2H2,(H3,12,14,15,20)/t4?,5-,6-/m1/s1. The topological polar surface area (TPSA) is 111 Å². The van der Waals surface area contributed by atoms with E-state index in [1.807, 2.05) is 0 Å². The fourth-order valence-electron chi connectivity index (χ4n) is 2.29. The molecule has 8 nitrogen and oxygen atoms in total. The number of imidazole rings is 1. The number of anilines is 1. The Kier molecular flexibility index (Phi) is 4.56. The largest absolute Gasteiger partial charge is 0.390 e. The normalized spacial score (nSPS) is 25.7. The van der Waals surface area contributed by atoms with Crippen molar-refractivity contribution >= 4 is 58.3 Å². The summed E-state index contributed by atoms with van der Waals surface area (Å²) in [5.74, 6) is 0.212. The lowest BCUT2D eigenvalue weighted by Gasteiger charge is -2.14. The Balaban J connectivity index is 1.91. The maximum absolute atomic E-state index is 10.0. The molecule has 3 atom stereocenters. The third kappa shape index (κ3) is 2.98.